The van der Waals surface area contributed by atoms with E-state index in [-0.39, 0.29) is 11.9 Å². The first-order valence-electron chi connectivity index (χ1n) is 9.01. The van der Waals surface area contributed by atoms with Crippen LogP contribution in [0.4, 0.5) is 0 Å². The maximum absolute atomic E-state index is 12.6. The summed E-state index contributed by atoms with van der Waals surface area (Å²) in [5, 5.41) is 3.09. The van der Waals surface area contributed by atoms with Gasteiger partial charge in [-0.15, -0.1) is 0 Å². The van der Waals surface area contributed by atoms with Crippen molar-refractivity contribution >= 4 is 12.0 Å². The molecule has 0 saturated heterocycles. The second-order valence-corrected chi connectivity index (χ2v) is 6.23. The molecule has 0 unspecified atom stereocenters. The number of hydrogen-bond acceptors (Lipinski definition) is 3. The number of carbonyl (C=O) groups is 1. The first-order chi connectivity index (χ1) is 13.7. The maximum atomic E-state index is 12.6. The highest BCUT2D eigenvalue weighted by atomic mass is 16.5. The van der Waals surface area contributed by atoms with Gasteiger partial charge in [0.15, 0.2) is 0 Å². The number of amides is 1. The molecule has 0 aliphatic carbocycles. The summed E-state index contributed by atoms with van der Waals surface area (Å²) in [6.45, 7) is 0. The topological polar surface area (TPSA) is 47.6 Å². The summed E-state index contributed by atoms with van der Waals surface area (Å²) in [5.74, 6) is 1.38. The Bertz CT molecular complexity index is 869. The first kappa shape index (κ1) is 19.2. The third-order valence-electron chi connectivity index (χ3n) is 4.41. The third-order valence-corrected chi connectivity index (χ3v) is 4.41. The molecule has 3 rings (SSSR count). The quantitative estimate of drug-likeness (QED) is 0.615. The van der Waals surface area contributed by atoms with Gasteiger partial charge in [-0.05, 0) is 47.0 Å². The van der Waals surface area contributed by atoms with Crippen LogP contribution in [0, 0.1) is 0 Å². The minimum atomic E-state index is -0.287. The Balaban J connectivity index is 1.84. The number of hydrogen-bond donors (Lipinski definition) is 1. The lowest BCUT2D eigenvalue weighted by atomic mass is 9.98. The number of carbonyl (C=O) groups excluding carboxylic acids is 1. The van der Waals surface area contributed by atoms with Gasteiger partial charge in [-0.3, -0.25) is 4.79 Å². The van der Waals surface area contributed by atoms with Crippen molar-refractivity contribution in [2.45, 2.75) is 6.04 Å². The third kappa shape index (κ3) is 5.01. The monoisotopic (exact) mass is 373 g/mol. The summed E-state index contributed by atoms with van der Waals surface area (Å²) in [4.78, 5) is 12.6. The van der Waals surface area contributed by atoms with Gasteiger partial charge >= 0.3 is 0 Å². The van der Waals surface area contributed by atoms with Crippen LogP contribution in [-0.2, 0) is 4.79 Å². The molecule has 0 heterocycles. The van der Waals surface area contributed by atoms with Crippen LogP contribution in [0.25, 0.3) is 6.08 Å². The molecule has 0 spiro atoms. The van der Waals surface area contributed by atoms with E-state index in [2.05, 4.69) is 5.32 Å². The fourth-order valence-electron chi connectivity index (χ4n) is 2.88. The molecule has 0 saturated carbocycles. The smallest absolute Gasteiger partial charge is 0.244 e. The zero-order valence-corrected chi connectivity index (χ0v) is 16.0. The van der Waals surface area contributed by atoms with Crippen molar-refractivity contribution < 1.29 is 14.3 Å². The van der Waals surface area contributed by atoms with E-state index in [0.29, 0.717) is 0 Å². The molecule has 0 atom stereocenters. The summed E-state index contributed by atoms with van der Waals surface area (Å²) >= 11 is 0. The van der Waals surface area contributed by atoms with Crippen LogP contribution >= 0.6 is 0 Å². The number of rotatable bonds is 7. The molecule has 0 aliphatic rings. The number of nitrogens with one attached hydrogen (secondary N) is 1. The van der Waals surface area contributed by atoms with Crippen molar-refractivity contribution in [1.82, 2.24) is 5.32 Å². The van der Waals surface area contributed by atoms with E-state index in [9.17, 15) is 4.79 Å². The van der Waals surface area contributed by atoms with E-state index in [1.807, 2.05) is 78.9 Å². The van der Waals surface area contributed by atoms with Gasteiger partial charge in [0.2, 0.25) is 5.91 Å². The fourth-order valence-corrected chi connectivity index (χ4v) is 2.88. The van der Waals surface area contributed by atoms with E-state index in [1.54, 1.807) is 26.4 Å². The predicted molar refractivity (Wildman–Crippen MR) is 111 cm³/mol. The Kier molecular flexibility index (Phi) is 6.47. The molecule has 0 aromatic heterocycles. The minimum absolute atomic E-state index is 0.166. The van der Waals surface area contributed by atoms with Gasteiger partial charge in [0.1, 0.15) is 11.5 Å². The molecule has 0 radical (unpaired) electrons. The minimum Gasteiger partial charge on any atom is -0.497 e. The SMILES string of the molecule is COc1ccc(C(NC(=O)/C=C/c2ccccc2)c2ccc(OC)cc2)cc1. The zero-order valence-electron chi connectivity index (χ0n) is 16.0. The Labute approximate surface area is 165 Å². The lowest BCUT2D eigenvalue weighted by Crippen LogP contribution is -2.27. The van der Waals surface area contributed by atoms with Gasteiger partial charge < -0.3 is 14.8 Å². The molecule has 0 bridgehead atoms. The van der Waals surface area contributed by atoms with Gasteiger partial charge in [-0.25, -0.2) is 0 Å². The van der Waals surface area contributed by atoms with Gasteiger partial charge in [0, 0.05) is 6.08 Å². The molecule has 0 aliphatic heterocycles. The highest BCUT2D eigenvalue weighted by Gasteiger charge is 2.16. The molecule has 3 aromatic rings. The lowest BCUT2D eigenvalue weighted by molar-refractivity contribution is -0.116. The Morgan fingerprint density at radius 3 is 1.75 bits per heavy atom. The standard InChI is InChI=1S/C24H23NO3/c1-27-21-13-9-19(10-14-21)24(20-11-15-22(28-2)16-12-20)25-23(26)17-8-18-6-4-3-5-7-18/h3-17,24H,1-2H3,(H,25,26)/b17-8+. The first-order valence-corrected chi connectivity index (χ1v) is 9.01. The van der Waals surface area contributed by atoms with Crippen molar-refractivity contribution in [2.75, 3.05) is 14.2 Å². The Hall–Kier alpha value is -3.53. The van der Waals surface area contributed by atoms with Crippen LogP contribution in [0.15, 0.2) is 84.9 Å². The summed E-state index contributed by atoms with van der Waals surface area (Å²) in [7, 11) is 3.26. The summed E-state index contributed by atoms with van der Waals surface area (Å²) in [6.07, 6.45) is 3.35. The summed E-state index contributed by atoms with van der Waals surface area (Å²) in [6, 6.07) is 24.8. The summed E-state index contributed by atoms with van der Waals surface area (Å²) in [5.41, 5.74) is 2.91. The number of methoxy groups -OCH3 is 2. The van der Waals surface area contributed by atoms with E-state index in [4.69, 9.17) is 9.47 Å². The molecule has 0 fully saturated rings. The molecule has 28 heavy (non-hydrogen) atoms. The van der Waals surface area contributed by atoms with E-state index in [0.717, 1.165) is 28.2 Å². The van der Waals surface area contributed by atoms with E-state index in [1.165, 1.54) is 0 Å². The second kappa shape index (κ2) is 9.42. The van der Waals surface area contributed by atoms with E-state index >= 15 is 0 Å². The average Bonchev–Trinajstić information content (AvgIpc) is 2.77. The maximum Gasteiger partial charge on any atom is 0.244 e. The van der Waals surface area contributed by atoms with Crippen molar-refractivity contribution in [3.8, 4) is 11.5 Å². The van der Waals surface area contributed by atoms with Crippen LogP contribution in [0.2, 0.25) is 0 Å². The van der Waals surface area contributed by atoms with Gasteiger partial charge in [0.05, 0.1) is 20.3 Å². The molecular weight excluding hydrogens is 350 g/mol. The molecule has 142 valence electrons. The molecule has 1 amide bonds. The Morgan fingerprint density at radius 2 is 1.29 bits per heavy atom. The highest BCUT2D eigenvalue weighted by Crippen LogP contribution is 2.26. The van der Waals surface area contributed by atoms with Crippen LogP contribution in [0.5, 0.6) is 11.5 Å². The lowest BCUT2D eigenvalue weighted by Gasteiger charge is -2.20. The van der Waals surface area contributed by atoms with Crippen molar-refractivity contribution in [3.63, 3.8) is 0 Å². The van der Waals surface area contributed by atoms with Crippen molar-refractivity contribution in [1.29, 1.82) is 0 Å². The summed E-state index contributed by atoms with van der Waals surface area (Å²) < 4.78 is 10.5. The number of ether oxygens (including phenoxy) is 2. The van der Waals surface area contributed by atoms with Crippen LogP contribution in [0.1, 0.15) is 22.7 Å². The predicted octanol–water partition coefficient (Wildman–Crippen LogP) is 4.62. The molecule has 4 nitrogen and oxygen atoms in total. The average molecular weight is 373 g/mol. The zero-order chi connectivity index (χ0) is 19.8. The number of benzene rings is 3. The molecular formula is C24H23NO3. The highest BCUT2D eigenvalue weighted by molar-refractivity contribution is 5.92. The van der Waals surface area contributed by atoms with Crippen LogP contribution < -0.4 is 14.8 Å². The van der Waals surface area contributed by atoms with Gasteiger partial charge in [-0.1, -0.05) is 54.6 Å². The normalized spacial score (nSPS) is 10.8. The Morgan fingerprint density at radius 1 is 0.786 bits per heavy atom. The fraction of sp³-hybridized carbons (Fsp3) is 0.125. The van der Waals surface area contributed by atoms with Gasteiger partial charge in [0.25, 0.3) is 0 Å². The molecule has 1 N–H and O–H groups in total. The van der Waals surface area contributed by atoms with Crippen molar-refractivity contribution in [3.05, 3.63) is 102 Å². The second-order valence-electron chi connectivity index (χ2n) is 6.23. The van der Waals surface area contributed by atoms with Crippen molar-refractivity contribution in [2.24, 2.45) is 0 Å². The molecule has 4 heteroatoms. The van der Waals surface area contributed by atoms with E-state index < -0.39 is 0 Å². The van der Waals surface area contributed by atoms with Gasteiger partial charge in [-0.2, -0.15) is 0 Å². The van der Waals surface area contributed by atoms with Crippen LogP contribution in [-0.4, -0.2) is 20.1 Å². The van der Waals surface area contributed by atoms with Crippen LogP contribution in [0.3, 0.4) is 0 Å². The molecule has 3 aromatic carbocycles. The largest absolute Gasteiger partial charge is 0.497 e.